The van der Waals surface area contributed by atoms with Crippen LogP contribution in [0, 0.1) is 0 Å². The summed E-state index contributed by atoms with van der Waals surface area (Å²) < 4.78 is 37.8. The largest absolute Gasteiger partial charge is 0.416 e. The van der Waals surface area contributed by atoms with Crippen LogP contribution in [0.5, 0.6) is 0 Å². The Morgan fingerprint density at radius 1 is 1.35 bits per heavy atom. The second-order valence-electron chi connectivity index (χ2n) is 4.50. The van der Waals surface area contributed by atoms with Crippen molar-refractivity contribution in [3.63, 3.8) is 0 Å². The molecule has 112 valence electrons. The predicted molar refractivity (Wildman–Crippen MR) is 75.5 cm³/mol. The van der Waals surface area contributed by atoms with E-state index in [1.54, 1.807) is 13.1 Å². The van der Waals surface area contributed by atoms with E-state index in [1.807, 2.05) is 6.92 Å². The van der Waals surface area contributed by atoms with Crippen LogP contribution in [0.4, 0.5) is 13.2 Å². The van der Waals surface area contributed by atoms with Crippen molar-refractivity contribution in [3.8, 4) is 0 Å². The topological polar surface area (TPSA) is 20.3 Å². The van der Waals surface area contributed by atoms with Gasteiger partial charge in [0.25, 0.3) is 0 Å². The average Bonchev–Trinajstić information content (AvgIpc) is 2.38. The van der Waals surface area contributed by atoms with Crippen LogP contribution in [0.1, 0.15) is 24.5 Å². The minimum Gasteiger partial charge on any atom is -0.341 e. The molecule has 0 aliphatic heterocycles. The molecular formula is C14H18F3NOS. The lowest BCUT2D eigenvalue weighted by atomic mass is 10.1. The first-order valence-electron chi connectivity index (χ1n) is 6.32. The summed E-state index contributed by atoms with van der Waals surface area (Å²) in [4.78, 5) is 13.2. The lowest BCUT2D eigenvalue weighted by Crippen LogP contribution is -2.28. The van der Waals surface area contributed by atoms with Gasteiger partial charge in [0, 0.05) is 13.6 Å². The molecule has 0 spiro atoms. The molecule has 1 rings (SSSR count). The molecule has 0 unspecified atom stereocenters. The van der Waals surface area contributed by atoms with Gasteiger partial charge in [0.2, 0.25) is 5.91 Å². The number of hydrogen-bond donors (Lipinski definition) is 0. The molecule has 0 N–H and O–H groups in total. The van der Waals surface area contributed by atoms with Gasteiger partial charge in [-0.15, -0.1) is 0 Å². The molecule has 0 aliphatic carbocycles. The third kappa shape index (κ3) is 5.45. The van der Waals surface area contributed by atoms with Crippen molar-refractivity contribution in [2.24, 2.45) is 0 Å². The summed E-state index contributed by atoms with van der Waals surface area (Å²) in [6.45, 7) is 2.22. The van der Waals surface area contributed by atoms with Crippen molar-refractivity contribution in [1.82, 2.24) is 4.90 Å². The molecular weight excluding hydrogens is 287 g/mol. The number of benzene rings is 1. The molecule has 6 heteroatoms. The number of hydrogen-bond acceptors (Lipinski definition) is 2. The zero-order chi connectivity index (χ0) is 15.2. The van der Waals surface area contributed by atoms with Gasteiger partial charge in [-0.2, -0.15) is 24.9 Å². The minimum absolute atomic E-state index is 0.0686. The fraction of sp³-hybridized carbons (Fsp3) is 0.500. The maximum atomic E-state index is 12.6. The summed E-state index contributed by atoms with van der Waals surface area (Å²) in [6, 6.07) is 5.08. The number of amides is 1. The molecule has 20 heavy (non-hydrogen) atoms. The molecule has 2 nitrogen and oxygen atoms in total. The van der Waals surface area contributed by atoms with Crippen LogP contribution >= 0.6 is 11.8 Å². The maximum Gasteiger partial charge on any atom is 0.416 e. The monoisotopic (exact) mass is 305 g/mol. The Hall–Kier alpha value is -1.17. The highest BCUT2D eigenvalue weighted by Gasteiger charge is 2.30. The first kappa shape index (κ1) is 16.9. The molecule has 0 aromatic heterocycles. The van der Waals surface area contributed by atoms with E-state index in [0.29, 0.717) is 11.3 Å². The molecule has 0 saturated heterocycles. The van der Waals surface area contributed by atoms with Crippen LogP contribution in [0.15, 0.2) is 24.3 Å². The van der Waals surface area contributed by atoms with E-state index in [4.69, 9.17) is 0 Å². The summed E-state index contributed by atoms with van der Waals surface area (Å²) in [5.41, 5.74) is -0.202. The van der Waals surface area contributed by atoms with Gasteiger partial charge in [0.1, 0.15) is 0 Å². The number of halogens is 3. The quantitative estimate of drug-likeness (QED) is 0.745. The van der Waals surface area contributed by atoms with Crippen molar-refractivity contribution in [2.75, 3.05) is 18.6 Å². The van der Waals surface area contributed by atoms with E-state index in [0.717, 1.165) is 24.3 Å². The molecule has 1 aromatic rings. The van der Waals surface area contributed by atoms with Gasteiger partial charge in [0.05, 0.1) is 11.3 Å². The number of carbonyl (C=O) groups excluding carboxylic acids is 1. The Morgan fingerprint density at radius 3 is 2.65 bits per heavy atom. The number of carbonyl (C=O) groups is 1. The van der Waals surface area contributed by atoms with E-state index >= 15 is 0 Å². The van der Waals surface area contributed by atoms with Crippen LogP contribution in [0.2, 0.25) is 0 Å². The zero-order valence-corrected chi connectivity index (χ0v) is 12.4. The standard InChI is InChI=1S/C14H18F3NOS/c1-3-7-20-10-13(19)18(2)9-11-5-4-6-12(8-11)14(15,16)17/h4-6,8H,3,7,9-10H2,1-2H3. The molecule has 0 bridgehead atoms. The molecule has 1 aromatic carbocycles. The fourth-order valence-electron chi connectivity index (χ4n) is 1.62. The lowest BCUT2D eigenvalue weighted by Gasteiger charge is -2.18. The molecule has 0 saturated carbocycles. The number of thioether (sulfide) groups is 1. The SMILES string of the molecule is CCCSCC(=O)N(C)Cc1cccc(C(F)(F)F)c1. The highest BCUT2D eigenvalue weighted by atomic mass is 32.2. The third-order valence-corrected chi connectivity index (χ3v) is 3.82. The summed E-state index contributed by atoms with van der Waals surface area (Å²) in [7, 11) is 1.61. The van der Waals surface area contributed by atoms with Crippen LogP contribution in [-0.2, 0) is 17.5 Å². The Labute approximate surface area is 121 Å². The predicted octanol–water partition coefficient (Wildman–Crippen LogP) is 3.81. The van der Waals surface area contributed by atoms with E-state index in [9.17, 15) is 18.0 Å². The summed E-state index contributed by atoms with van der Waals surface area (Å²) in [5, 5.41) is 0. The number of rotatable bonds is 6. The minimum atomic E-state index is -4.35. The van der Waals surface area contributed by atoms with Gasteiger partial charge < -0.3 is 4.90 Å². The Bertz CT molecular complexity index is 448. The smallest absolute Gasteiger partial charge is 0.341 e. The normalized spacial score (nSPS) is 11.4. The van der Waals surface area contributed by atoms with E-state index in [2.05, 4.69) is 0 Å². The van der Waals surface area contributed by atoms with Crippen molar-refractivity contribution >= 4 is 17.7 Å². The first-order chi connectivity index (χ1) is 9.34. The van der Waals surface area contributed by atoms with Gasteiger partial charge in [-0.3, -0.25) is 4.79 Å². The van der Waals surface area contributed by atoms with E-state index in [1.165, 1.54) is 22.7 Å². The Balaban J connectivity index is 2.62. The lowest BCUT2D eigenvalue weighted by molar-refractivity contribution is -0.137. The van der Waals surface area contributed by atoms with Gasteiger partial charge in [-0.05, 0) is 29.9 Å². The Kier molecular flexibility index (Phi) is 6.39. The number of nitrogens with zero attached hydrogens (tertiary/aromatic N) is 1. The second-order valence-corrected chi connectivity index (χ2v) is 5.61. The van der Waals surface area contributed by atoms with Gasteiger partial charge in [0.15, 0.2) is 0 Å². The molecule has 1 amide bonds. The van der Waals surface area contributed by atoms with Crippen molar-refractivity contribution in [3.05, 3.63) is 35.4 Å². The zero-order valence-electron chi connectivity index (χ0n) is 11.5. The number of alkyl halides is 3. The summed E-state index contributed by atoms with van der Waals surface area (Å²) in [5.74, 6) is 1.20. The van der Waals surface area contributed by atoms with Gasteiger partial charge >= 0.3 is 6.18 Å². The molecule has 0 atom stereocenters. The van der Waals surface area contributed by atoms with E-state index in [-0.39, 0.29) is 12.5 Å². The van der Waals surface area contributed by atoms with Gasteiger partial charge in [-0.25, -0.2) is 0 Å². The molecule has 0 fully saturated rings. The highest BCUT2D eigenvalue weighted by Crippen LogP contribution is 2.29. The maximum absolute atomic E-state index is 12.6. The van der Waals surface area contributed by atoms with Crippen LogP contribution in [0.3, 0.4) is 0 Å². The summed E-state index contributed by atoms with van der Waals surface area (Å²) in [6.07, 6.45) is -3.36. The van der Waals surface area contributed by atoms with Crippen molar-refractivity contribution in [2.45, 2.75) is 26.1 Å². The first-order valence-corrected chi connectivity index (χ1v) is 7.48. The fourth-order valence-corrected chi connectivity index (χ4v) is 2.45. The van der Waals surface area contributed by atoms with Crippen LogP contribution in [-0.4, -0.2) is 29.4 Å². The molecule has 0 heterocycles. The average molecular weight is 305 g/mol. The second kappa shape index (κ2) is 7.57. The van der Waals surface area contributed by atoms with Gasteiger partial charge in [-0.1, -0.05) is 19.1 Å². The molecule has 0 radical (unpaired) electrons. The van der Waals surface area contributed by atoms with Crippen molar-refractivity contribution < 1.29 is 18.0 Å². The summed E-state index contributed by atoms with van der Waals surface area (Å²) >= 11 is 1.54. The Morgan fingerprint density at radius 2 is 2.05 bits per heavy atom. The van der Waals surface area contributed by atoms with Crippen LogP contribution in [0.25, 0.3) is 0 Å². The van der Waals surface area contributed by atoms with E-state index < -0.39 is 11.7 Å². The third-order valence-electron chi connectivity index (χ3n) is 2.67. The van der Waals surface area contributed by atoms with Crippen molar-refractivity contribution in [1.29, 1.82) is 0 Å². The van der Waals surface area contributed by atoms with Crippen LogP contribution < -0.4 is 0 Å². The molecule has 0 aliphatic rings. The highest BCUT2D eigenvalue weighted by molar-refractivity contribution is 7.99.